The van der Waals surface area contributed by atoms with Gasteiger partial charge in [0.2, 0.25) is 5.91 Å². The van der Waals surface area contributed by atoms with Crippen LogP contribution in [0.4, 0.5) is 5.69 Å². The van der Waals surface area contributed by atoms with Crippen LogP contribution in [0.5, 0.6) is 5.75 Å². The van der Waals surface area contributed by atoms with E-state index in [0.29, 0.717) is 30.8 Å². The van der Waals surface area contributed by atoms with Crippen molar-refractivity contribution >= 4 is 23.2 Å². The third-order valence-corrected chi connectivity index (χ3v) is 5.73. The van der Waals surface area contributed by atoms with Crippen LogP contribution in [0.25, 0.3) is 22.9 Å². The highest BCUT2D eigenvalue weighted by atomic mass is 16.5. The normalized spacial score (nSPS) is 11.1. The predicted octanol–water partition coefficient (Wildman–Crippen LogP) is 5.46. The first-order valence-electron chi connectivity index (χ1n) is 11.7. The van der Waals surface area contributed by atoms with Gasteiger partial charge in [0, 0.05) is 24.7 Å². The number of aryl methyl sites for hydroxylation is 1. The maximum absolute atomic E-state index is 12.5. The number of nitriles is 1. The molecule has 36 heavy (non-hydrogen) atoms. The fourth-order valence-electron chi connectivity index (χ4n) is 3.71. The minimum atomic E-state index is 0.00551. The molecule has 7 heteroatoms. The summed E-state index contributed by atoms with van der Waals surface area (Å²) in [6.07, 6.45) is 3.99. The molecule has 0 atom stereocenters. The smallest absolute Gasteiger partial charge is 0.228 e. The standard InChI is InChI=1S/C29H27N5O2/c1-3-36-27-15-9-22(10-16-27)19-25(20-30)23-11-13-24(14-12-23)28-21-34(32-31-28)18-17-29(35)33(2)26-7-5-4-6-8-26/h4-16,19,21H,3,17-18H2,1-2H3/b25-19+. The molecule has 0 spiro atoms. The Labute approximate surface area is 210 Å². The maximum atomic E-state index is 12.5. The molecule has 0 fully saturated rings. The lowest BCUT2D eigenvalue weighted by Gasteiger charge is -2.16. The molecular formula is C29H27N5O2. The molecule has 1 amide bonds. The van der Waals surface area contributed by atoms with Crippen molar-refractivity contribution in [2.45, 2.75) is 19.9 Å². The lowest BCUT2D eigenvalue weighted by atomic mass is 10.0. The molecule has 0 saturated heterocycles. The van der Waals surface area contributed by atoms with Crippen LogP contribution in [-0.2, 0) is 11.3 Å². The second kappa shape index (κ2) is 11.6. The van der Waals surface area contributed by atoms with E-state index < -0.39 is 0 Å². The largest absolute Gasteiger partial charge is 0.494 e. The minimum Gasteiger partial charge on any atom is -0.494 e. The third-order valence-electron chi connectivity index (χ3n) is 5.73. The van der Waals surface area contributed by atoms with Gasteiger partial charge < -0.3 is 9.64 Å². The number of ether oxygens (including phenoxy) is 1. The van der Waals surface area contributed by atoms with Crippen molar-refractivity contribution in [3.63, 3.8) is 0 Å². The van der Waals surface area contributed by atoms with Crippen molar-refractivity contribution in [2.75, 3.05) is 18.6 Å². The molecule has 4 aromatic rings. The average molecular weight is 478 g/mol. The Bertz CT molecular complexity index is 1370. The molecular weight excluding hydrogens is 450 g/mol. The summed E-state index contributed by atoms with van der Waals surface area (Å²) in [6.45, 7) is 2.99. The first-order chi connectivity index (χ1) is 17.6. The fourth-order valence-corrected chi connectivity index (χ4v) is 3.71. The Hall–Kier alpha value is -4.70. The molecule has 180 valence electrons. The van der Waals surface area contributed by atoms with Crippen molar-refractivity contribution in [3.05, 3.63) is 96.2 Å². The summed E-state index contributed by atoms with van der Waals surface area (Å²) >= 11 is 0. The van der Waals surface area contributed by atoms with E-state index in [9.17, 15) is 10.1 Å². The molecule has 0 aliphatic carbocycles. The predicted molar refractivity (Wildman–Crippen MR) is 141 cm³/mol. The number of allylic oxidation sites excluding steroid dienone is 1. The average Bonchev–Trinajstić information content (AvgIpc) is 3.41. The van der Waals surface area contributed by atoms with Gasteiger partial charge in [0.1, 0.15) is 11.4 Å². The summed E-state index contributed by atoms with van der Waals surface area (Å²) in [7, 11) is 1.77. The Morgan fingerprint density at radius 3 is 2.44 bits per heavy atom. The molecule has 1 aromatic heterocycles. The highest BCUT2D eigenvalue weighted by Gasteiger charge is 2.12. The van der Waals surface area contributed by atoms with E-state index >= 15 is 0 Å². The van der Waals surface area contributed by atoms with Crippen molar-refractivity contribution in [1.29, 1.82) is 5.26 Å². The molecule has 3 aromatic carbocycles. The van der Waals surface area contributed by atoms with Gasteiger partial charge in [0.05, 0.1) is 31.0 Å². The van der Waals surface area contributed by atoms with E-state index in [2.05, 4.69) is 16.4 Å². The first kappa shape index (κ1) is 24.4. The van der Waals surface area contributed by atoms with Crippen molar-refractivity contribution in [1.82, 2.24) is 15.0 Å². The lowest BCUT2D eigenvalue weighted by molar-refractivity contribution is -0.118. The number of carbonyl (C=O) groups excluding carboxylic acids is 1. The van der Waals surface area contributed by atoms with Crippen LogP contribution in [-0.4, -0.2) is 34.6 Å². The summed E-state index contributed by atoms with van der Waals surface area (Å²) in [5.74, 6) is 0.809. The number of carbonyl (C=O) groups is 1. The van der Waals surface area contributed by atoms with Gasteiger partial charge in [-0.25, -0.2) is 0 Å². The molecule has 1 heterocycles. The highest BCUT2D eigenvalue weighted by molar-refractivity contribution is 5.92. The van der Waals surface area contributed by atoms with Crippen LogP contribution in [0.1, 0.15) is 24.5 Å². The molecule has 0 radical (unpaired) electrons. The zero-order valence-corrected chi connectivity index (χ0v) is 20.3. The number of amides is 1. The number of hydrogen-bond acceptors (Lipinski definition) is 5. The minimum absolute atomic E-state index is 0.00551. The van der Waals surface area contributed by atoms with Gasteiger partial charge in [-0.2, -0.15) is 5.26 Å². The molecule has 0 aliphatic heterocycles. The monoisotopic (exact) mass is 477 g/mol. The Morgan fingerprint density at radius 1 is 1.06 bits per heavy atom. The van der Waals surface area contributed by atoms with Gasteiger partial charge in [-0.05, 0) is 48.4 Å². The summed E-state index contributed by atoms with van der Waals surface area (Å²) in [5, 5.41) is 18.1. The summed E-state index contributed by atoms with van der Waals surface area (Å²) in [4.78, 5) is 14.2. The van der Waals surface area contributed by atoms with E-state index in [1.54, 1.807) is 16.6 Å². The lowest BCUT2D eigenvalue weighted by Crippen LogP contribution is -2.27. The number of hydrogen-bond donors (Lipinski definition) is 0. The Morgan fingerprint density at radius 2 is 1.78 bits per heavy atom. The Balaban J connectivity index is 1.40. The topological polar surface area (TPSA) is 84.0 Å². The van der Waals surface area contributed by atoms with Gasteiger partial charge in [-0.3, -0.25) is 9.48 Å². The number of aromatic nitrogens is 3. The van der Waals surface area contributed by atoms with Crippen LogP contribution < -0.4 is 9.64 Å². The molecule has 4 rings (SSSR count). The zero-order valence-electron chi connectivity index (χ0n) is 20.3. The third kappa shape index (κ3) is 6.05. The second-order valence-electron chi connectivity index (χ2n) is 8.15. The number of anilines is 1. The molecule has 0 saturated carbocycles. The number of benzene rings is 3. The van der Waals surface area contributed by atoms with Crippen LogP contribution >= 0.6 is 0 Å². The van der Waals surface area contributed by atoms with E-state index in [0.717, 1.165) is 28.1 Å². The molecule has 0 aliphatic rings. The SMILES string of the molecule is CCOc1ccc(/C=C(\C#N)c2ccc(-c3cn(CCC(=O)N(C)c4ccccc4)nn3)cc2)cc1. The molecule has 7 nitrogen and oxygen atoms in total. The van der Waals surface area contributed by atoms with Gasteiger partial charge >= 0.3 is 0 Å². The van der Waals surface area contributed by atoms with Gasteiger partial charge in [-0.15, -0.1) is 5.10 Å². The summed E-state index contributed by atoms with van der Waals surface area (Å²) in [5.41, 5.74) is 4.76. The van der Waals surface area contributed by atoms with E-state index in [-0.39, 0.29) is 5.91 Å². The second-order valence-corrected chi connectivity index (χ2v) is 8.15. The van der Waals surface area contributed by atoms with Gasteiger partial charge in [0.25, 0.3) is 0 Å². The van der Waals surface area contributed by atoms with Crippen LogP contribution in [0.3, 0.4) is 0 Å². The highest BCUT2D eigenvalue weighted by Crippen LogP contribution is 2.23. The van der Waals surface area contributed by atoms with Crippen molar-refractivity contribution < 1.29 is 9.53 Å². The first-order valence-corrected chi connectivity index (χ1v) is 11.7. The maximum Gasteiger partial charge on any atom is 0.228 e. The van der Waals surface area contributed by atoms with E-state index in [1.807, 2.05) is 98.1 Å². The van der Waals surface area contributed by atoms with Crippen molar-refractivity contribution in [2.24, 2.45) is 0 Å². The molecule has 0 bridgehead atoms. The summed E-state index contributed by atoms with van der Waals surface area (Å²) in [6, 6.07) is 27.1. The Kier molecular flexibility index (Phi) is 7.89. The zero-order chi connectivity index (χ0) is 25.3. The van der Waals surface area contributed by atoms with Crippen LogP contribution in [0.2, 0.25) is 0 Å². The van der Waals surface area contributed by atoms with Gasteiger partial charge in [-0.1, -0.05) is 59.8 Å². The number of para-hydroxylation sites is 1. The van der Waals surface area contributed by atoms with Crippen LogP contribution in [0, 0.1) is 11.3 Å². The quantitative estimate of drug-likeness (QED) is 0.236. The summed E-state index contributed by atoms with van der Waals surface area (Å²) < 4.78 is 7.15. The van der Waals surface area contributed by atoms with Crippen LogP contribution in [0.15, 0.2) is 85.1 Å². The molecule has 0 N–H and O–H groups in total. The van der Waals surface area contributed by atoms with Gasteiger partial charge in [0.15, 0.2) is 0 Å². The number of nitrogens with zero attached hydrogens (tertiary/aromatic N) is 5. The van der Waals surface area contributed by atoms with Crippen molar-refractivity contribution in [3.8, 4) is 23.1 Å². The molecule has 0 unspecified atom stereocenters. The fraction of sp³-hybridized carbons (Fsp3) is 0.172. The van der Waals surface area contributed by atoms with E-state index in [4.69, 9.17) is 4.74 Å². The number of rotatable bonds is 9. The van der Waals surface area contributed by atoms with E-state index in [1.165, 1.54) is 0 Å².